The van der Waals surface area contributed by atoms with Crippen LogP contribution in [0.15, 0.2) is 61.4 Å². The van der Waals surface area contributed by atoms with E-state index < -0.39 is 0 Å². The van der Waals surface area contributed by atoms with E-state index in [1.165, 1.54) is 6.08 Å². The van der Waals surface area contributed by atoms with Crippen molar-refractivity contribution in [1.82, 2.24) is 29.8 Å². The van der Waals surface area contributed by atoms with Crippen molar-refractivity contribution in [2.45, 2.75) is 6.54 Å². The SMILES string of the molecule is C=CC(=O)N1CC2(CN(Cc3ccc(-c4ccc5[nH]nc(/C=C/c6cnn(C)c6)c5c4)c(F)c3)C2)C1. The number of likely N-dealkylation sites (tertiary alicyclic amines) is 2. The second-order valence-corrected chi connectivity index (χ2v) is 10.0. The maximum absolute atomic E-state index is 15.2. The number of nitrogens with zero attached hydrogens (tertiary/aromatic N) is 5. The van der Waals surface area contributed by atoms with Crippen molar-refractivity contribution < 1.29 is 9.18 Å². The number of hydrogen-bond donors (Lipinski definition) is 1. The minimum atomic E-state index is -0.232. The normalized spacial score (nSPS) is 17.0. The van der Waals surface area contributed by atoms with Crippen LogP contribution in [0.1, 0.15) is 16.8 Å². The summed E-state index contributed by atoms with van der Waals surface area (Å²) in [5.41, 5.74) is 5.23. The number of H-pyrrole nitrogens is 1. The number of carbonyl (C=O) groups is 1. The lowest BCUT2D eigenvalue weighted by molar-refractivity contribution is -0.154. The molecule has 2 saturated heterocycles. The van der Waals surface area contributed by atoms with E-state index in [2.05, 4.69) is 26.8 Å². The Hall–Kier alpha value is -4.04. The van der Waals surface area contributed by atoms with Crippen molar-refractivity contribution in [1.29, 1.82) is 0 Å². The van der Waals surface area contributed by atoms with Crippen molar-refractivity contribution in [3.8, 4) is 11.1 Å². The molecule has 36 heavy (non-hydrogen) atoms. The third kappa shape index (κ3) is 4.03. The number of aryl methyl sites for hydroxylation is 1. The average molecular weight is 483 g/mol. The van der Waals surface area contributed by atoms with Gasteiger partial charge in [0.2, 0.25) is 5.91 Å². The van der Waals surface area contributed by atoms with Crippen LogP contribution in [-0.2, 0) is 18.4 Å². The fourth-order valence-corrected chi connectivity index (χ4v) is 5.44. The summed E-state index contributed by atoms with van der Waals surface area (Å²) in [5.74, 6) is -0.230. The second kappa shape index (κ2) is 8.57. The van der Waals surface area contributed by atoms with Gasteiger partial charge < -0.3 is 4.90 Å². The molecule has 1 spiro atoms. The first-order valence-corrected chi connectivity index (χ1v) is 12.0. The molecule has 2 aliphatic rings. The van der Waals surface area contributed by atoms with Gasteiger partial charge in [0.15, 0.2) is 0 Å². The molecule has 4 heterocycles. The molecule has 2 aliphatic heterocycles. The number of nitrogens with one attached hydrogen (secondary N) is 1. The second-order valence-electron chi connectivity index (χ2n) is 10.0. The van der Waals surface area contributed by atoms with E-state index in [1.54, 1.807) is 16.9 Å². The first-order valence-electron chi connectivity index (χ1n) is 12.0. The number of fused-ring (bicyclic) bond motifs is 1. The lowest BCUT2D eigenvalue weighted by Gasteiger charge is -2.60. The van der Waals surface area contributed by atoms with Gasteiger partial charge in [0.1, 0.15) is 5.82 Å². The van der Waals surface area contributed by atoms with Gasteiger partial charge in [-0.25, -0.2) is 4.39 Å². The third-order valence-electron chi connectivity index (χ3n) is 7.16. The lowest BCUT2D eigenvalue weighted by atomic mass is 9.72. The van der Waals surface area contributed by atoms with Gasteiger partial charge in [-0.15, -0.1) is 0 Å². The van der Waals surface area contributed by atoms with Crippen molar-refractivity contribution in [3.63, 3.8) is 0 Å². The molecule has 8 heteroatoms. The molecule has 7 nitrogen and oxygen atoms in total. The molecule has 0 bridgehead atoms. The van der Waals surface area contributed by atoms with Crippen molar-refractivity contribution in [2.24, 2.45) is 12.5 Å². The Labute approximate surface area is 208 Å². The van der Waals surface area contributed by atoms with E-state index in [9.17, 15) is 4.79 Å². The fourth-order valence-electron chi connectivity index (χ4n) is 5.44. The van der Waals surface area contributed by atoms with Gasteiger partial charge in [-0.2, -0.15) is 10.2 Å². The van der Waals surface area contributed by atoms with Crippen LogP contribution in [-0.4, -0.2) is 61.9 Å². The number of rotatable bonds is 6. The van der Waals surface area contributed by atoms with Crippen LogP contribution in [0.3, 0.4) is 0 Å². The van der Waals surface area contributed by atoms with Crippen LogP contribution < -0.4 is 0 Å². The molecule has 0 unspecified atom stereocenters. The smallest absolute Gasteiger partial charge is 0.245 e. The van der Waals surface area contributed by atoms with Crippen molar-refractivity contribution in [3.05, 3.63) is 84.1 Å². The average Bonchev–Trinajstić information content (AvgIpc) is 3.43. The molecule has 2 fully saturated rings. The molecule has 0 atom stereocenters. The molecule has 2 aromatic heterocycles. The van der Waals surface area contributed by atoms with Crippen LogP contribution in [0.4, 0.5) is 4.39 Å². The maximum Gasteiger partial charge on any atom is 0.245 e. The van der Waals surface area contributed by atoms with E-state index >= 15 is 4.39 Å². The van der Waals surface area contributed by atoms with Crippen LogP contribution in [0.2, 0.25) is 0 Å². The van der Waals surface area contributed by atoms with Crippen LogP contribution in [0, 0.1) is 11.2 Å². The number of halogens is 1. The van der Waals surface area contributed by atoms with E-state index in [-0.39, 0.29) is 17.1 Å². The highest BCUT2D eigenvalue weighted by Crippen LogP contribution is 2.40. The number of aromatic nitrogens is 4. The van der Waals surface area contributed by atoms with Crippen LogP contribution in [0.25, 0.3) is 34.2 Å². The molecule has 6 rings (SSSR count). The van der Waals surface area contributed by atoms with E-state index in [0.29, 0.717) is 12.1 Å². The van der Waals surface area contributed by atoms with Gasteiger partial charge in [0, 0.05) is 67.9 Å². The molecular weight excluding hydrogens is 455 g/mol. The molecule has 182 valence electrons. The number of benzene rings is 2. The zero-order valence-electron chi connectivity index (χ0n) is 20.1. The van der Waals surface area contributed by atoms with Gasteiger partial charge in [-0.05, 0) is 47.6 Å². The van der Waals surface area contributed by atoms with Gasteiger partial charge >= 0.3 is 0 Å². The van der Waals surface area contributed by atoms with Gasteiger partial charge in [-0.1, -0.05) is 24.8 Å². The molecule has 0 radical (unpaired) electrons. The zero-order chi connectivity index (χ0) is 24.9. The summed E-state index contributed by atoms with van der Waals surface area (Å²) >= 11 is 0. The summed E-state index contributed by atoms with van der Waals surface area (Å²) in [6, 6.07) is 11.3. The Balaban J connectivity index is 1.15. The largest absolute Gasteiger partial charge is 0.338 e. The molecule has 1 amide bonds. The maximum atomic E-state index is 15.2. The monoisotopic (exact) mass is 482 g/mol. The molecule has 0 saturated carbocycles. The van der Waals surface area contributed by atoms with E-state index in [1.807, 2.05) is 60.6 Å². The fraction of sp³-hybridized carbons (Fsp3) is 0.250. The number of hydrogen-bond acceptors (Lipinski definition) is 4. The zero-order valence-corrected chi connectivity index (χ0v) is 20.1. The summed E-state index contributed by atoms with van der Waals surface area (Å²) in [6.45, 7) is 7.71. The summed E-state index contributed by atoms with van der Waals surface area (Å²) in [4.78, 5) is 15.8. The van der Waals surface area contributed by atoms with Crippen LogP contribution >= 0.6 is 0 Å². The highest BCUT2D eigenvalue weighted by atomic mass is 19.1. The number of amides is 1. The van der Waals surface area contributed by atoms with Crippen molar-refractivity contribution in [2.75, 3.05) is 26.2 Å². The highest BCUT2D eigenvalue weighted by molar-refractivity contribution is 5.92. The number of aromatic amines is 1. The minimum absolute atomic E-state index is 0.00183. The Morgan fingerprint density at radius 1 is 1.17 bits per heavy atom. The van der Waals surface area contributed by atoms with Crippen LogP contribution in [0.5, 0.6) is 0 Å². The summed E-state index contributed by atoms with van der Waals surface area (Å²) in [6.07, 6.45) is 8.99. The van der Waals surface area contributed by atoms with Gasteiger partial charge in [-0.3, -0.25) is 19.5 Å². The molecular formula is C28H27FN6O. The predicted molar refractivity (Wildman–Crippen MR) is 138 cm³/mol. The predicted octanol–water partition coefficient (Wildman–Crippen LogP) is 4.10. The Morgan fingerprint density at radius 2 is 2.00 bits per heavy atom. The first kappa shape index (κ1) is 22.4. The third-order valence-corrected chi connectivity index (χ3v) is 7.16. The quantitative estimate of drug-likeness (QED) is 0.420. The molecule has 2 aromatic carbocycles. The standard InChI is InChI=1S/C28H27FN6O/c1-3-27(36)35-17-28(18-35)15-34(16-28)14-19-4-7-22(24(29)10-19)21-6-9-26-23(11-21)25(31-32-26)8-5-20-12-30-33(2)13-20/h3-13H,1,14-18H2,2H3,(H,31,32)/b8-5+. The summed E-state index contributed by atoms with van der Waals surface area (Å²) in [5, 5.41) is 12.6. The summed E-state index contributed by atoms with van der Waals surface area (Å²) < 4.78 is 16.9. The number of carbonyl (C=O) groups excluding carboxylic acids is 1. The molecule has 4 aromatic rings. The molecule has 1 N–H and O–H groups in total. The first-order chi connectivity index (χ1) is 17.4. The Morgan fingerprint density at radius 3 is 2.72 bits per heavy atom. The summed E-state index contributed by atoms with van der Waals surface area (Å²) in [7, 11) is 1.88. The molecule has 0 aliphatic carbocycles. The highest BCUT2D eigenvalue weighted by Gasteiger charge is 2.52. The van der Waals surface area contributed by atoms with E-state index in [0.717, 1.165) is 59.5 Å². The van der Waals surface area contributed by atoms with Crippen molar-refractivity contribution >= 4 is 29.0 Å². The van der Waals surface area contributed by atoms with E-state index in [4.69, 9.17) is 0 Å². The van der Waals surface area contributed by atoms with Gasteiger partial charge in [0.25, 0.3) is 0 Å². The van der Waals surface area contributed by atoms with Gasteiger partial charge in [0.05, 0.1) is 17.4 Å². The lowest BCUT2D eigenvalue weighted by Crippen LogP contribution is -2.72. The topological polar surface area (TPSA) is 70.1 Å². The Bertz CT molecular complexity index is 1500. The Kier molecular flexibility index (Phi) is 5.34. The minimum Gasteiger partial charge on any atom is -0.338 e.